The Hall–Kier alpha value is -1.30. The molecule has 1 aliphatic heterocycles. The zero-order valence-corrected chi connectivity index (χ0v) is 12.1. The number of carbonyl (C=O) groups is 1. The van der Waals surface area contributed by atoms with Crippen molar-refractivity contribution in [3.8, 4) is 5.75 Å². The van der Waals surface area contributed by atoms with E-state index < -0.39 is 0 Å². The van der Waals surface area contributed by atoms with Crippen molar-refractivity contribution < 1.29 is 19.0 Å². The molecule has 20 heavy (non-hydrogen) atoms. The fourth-order valence-corrected chi connectivity index (χ4v) is 2.04. The average Bonchev–Trinajstić information content (AvgIpc) is 2.47. The lowest BCUT2D eigenvalue weighted by atomic mass is 10.3. The number of rotatable bonds is 5. The van der Waals surface area contributed by atoms with E-state index in [2.05, 4.69) is 4.90 Å². The number of morpholine rings is 1. The van der Waals surface area contributed by atoms with Crippen LogP contribution in [0.25, 0.3) is 0 Å². The molecule has 2 rings (SSSR count). The van der Waals surface area contributed by atoms with E-state index in [0.29, 0.717) is 24.0 Å². The fraction of sp³-hybridized carbons (Fsp3) is 0.500. The van der Waals surface area contributed by atoms with Crippen molar-refractivity contribution >= 4 is 17.6 Å². The van der Waals surface area contributed by atoms with Crippen LogP contribution >= 0.6 is 11.6 Å². The van der Waals surface area contributed by atoms with Crippen LogP contribution in [-0.4, -0.2) is 50.0 Å². The molecule has 1 unspecified atom stereocenters. The first-order chi connectivity index (χ1) is 9.65. The van der Waals surface area contributed by atoms with Crippen molar-refractivity contribution in [2.45, 2.75) is 13.2 Å². The Kier molecular flexibility index (Phi) is 5.64. The smallest absolute Gasteiger partial charge is 0.345 e. The highest BCUT2D eigenvalue weighted by Crippen LogP contribution is 2.15. The van der Waals surface area contributed by atoms with Gasteiger partial charge >= 0.3 is 5.97 Å². The third kappa shape index (κ3) is 4.67. The molecule has 110 valence electrons. The number of nitrogens with zero attached hydrogens (tertiary/aromatic N) is 1. The van der Waals surface area contributed by atoms with Crippen LogP contribution in [0.2, 0.25) is 5.02 Å². The van der Waals surface area contributed by atoms with E-state index in [0.717, 1.165) is 13.1 Å². The summed E-state index contributed by atoms with van der Waals surface area (Å²) in [7, 11) is 0. The number of carbonyl (C=O) groups excluding carboxylic acids is 1. The van der Waals surface area contributed by atoms with E-state index in [1.807, 2.05) is 6.92 Å². The van der Waals surface area contributed by atoms with Gasteiger partial charge < -0.3 is 14.2 Å². The fourth-order valence-electron chi connectivity index (χ4n) is 1.91. The quantitative estimate of drug-likeness (QED) is 0.778. The van der Waals surface area contributed by atoms with Crippen LogP contribution in [0.5, 0.6) is 5.75 Å². The predicted octanol–water partition coefficient (Wildman–Crippen LogP) is 1.94. The lowest BCUT2D eigenvalue weighted by Gasteiger charge is -2.31. The summed E-state index contributed by atoms with van der Waals surface area (Å²) < 4.78 is 15.9. The van der Waals surface area contributed by atoms with Crippen LogP contribution < -0.4 is 4.74 Å². The zero-order valence-electron chi connectivity index (χ0n) is 11.4. The molecule has 0 amide bonds. The summed E-state index contributed by atoms with van der Waals surface area (Å²) in [5.41, 5.74) is 0. The molecule has 1 atom stereocenters. The van der Waals surface area contributed by atoms with Gasteiger partial charge in [0.1, 0.15) is 5.75 Å². The molecule has 0 bridgehead atoms. The molecule has 1 fully saturated rings. The Labute approximate surface area is 123 Å². The molecule has 0 N–H and O–H groups in total. The summed E-state index contributed by atoms with van der Waals surface area (Å²) in [6, 6.07) is 6.83. The molecule has 0 spiro atoms. The molecule has 1 saturated heterocycles. The van der Waals surface area contributed by atoms with Crippen molar-refractivity contribution in [3.63, 3.8) is 0 Å². The van der Waals surface area contributed by atoms with Crippen molar-refractivity contribution in [3.05, 3.63) is 29.3 Å². The monoisotopic (exact) mass is 299 g/mol. The maximum absolute atomic E-state index is 11.7. The summed E-state index contributed by atoms with van der Waals surface area (Å²) in [6.07, 6.45) is -0.264. The number of hydrogen-bond donors (Lipinski definition) is 0. The van der Waals surface area contributed by atoms with Crippen LogP contribution in [0.15, 0.2) is 24.3 Å². The molecule has 1 aromatic rings. The molecular formula is C14H18ClNO4. The molecule has 1 aliphatic rings. The van der Waals surface area contributed by atoms with Gasteiger partial charge in [0.2, 0.25) is 0 Å². The van der Waals surface area contributed by atoms with Crippen molar-refractivity contribution in [1.29, 1.82) is 0 Å². The summed E-state index contributed by atoms with van der Waals surface area (Å²) in [6.45, 7) is 4.62. The minimum atomic E-state index is -0.390. The van der Waals surface area contributed by atoms with E-state index in [9.17, 15) is 4.79 Å². The third-order valence-corrected chi connectivity index (χ3v) is 3.28. The lowest BCUT2D eigenvalue weighted by Crippen LogP contribution is -2.44. The van der Waals surface area contributed by atoms with Crippen molar-refractivity contribution in [2.24, 2.45) is 0 Å². The van der Waals surface area contributed by atoms with Crippen LogP contribution in [0, 0.1) is 0 Å². The Morgan fingerprint density at radius 3 is 2.65 bits per heavy atom. The second-order valence-corrected chi connectivity index (χ2v) is 4.92. The third-order valence-electron chi connectivity index (χ3n) is 3.03. The van der Waals surface area contributed by atoms with Gasteiger partial charge in [-0.2, -0.15) is 0 Å². The maximum atomic E-state index is 11.7. The van der Waals surface area contributed by atoms with Gasteiger partial charge in [-0.25, -0.2) is 4.79 Å². The Bertz CT molecular complexity index is 431. The van der Waals surface area contributed by atoms with Gasteiger partial charge in [-0.1, -0.05) is 11.6 Å². The predicted molar refractivity (Wildman–Crippen MR) is 74.9 cm³/mol. The molecule has 1 heterocycles. The van der Waals surface area contributed by atoms with E-state index in [1.54, 1.807) is 24.3 Å². The number of esters is 1. The van der Waals surface area contributed by atoms with Gasteiger partial charge in [-0.3, -0.25) is 4.90 Å². The molecular weight excluding hydrogens is 282 g/mol. The molecule has 1 aromatic carbocycles. The first-order valence-corrected chi connectivity index (χ1v) is 6.92. The number of benzene rings is 1. The minimum absolute atomic E-state index is 0.115. The van der Waals surface area contributed by atoms with Gasteiger partial charge in [0, 0.05) is 18.1 Å². The highest BCUT2D eigenvalue weighted by Gasteiger charge is 2.20. The van der Waals surface area contributed by atoms with Gasteiger partial charge in [0.25, 0.3) is 0 Å². The Morgan fingerprint density at radius 1 is 1.35 bits per heavy atom. The van der Waals surface area contributed by atoms with Gasteiger partial charge in [-0.05, 0) is 31.2 Å². The van der Waals surface area contributed by atoms with E-state index >= 15 is 0 Å². The zero-order chi connectivity index (χ0) is 14.4. The largest absolute Gasteiger partial charge is 0.482 e. The van der Waals surface area contributed by atoms with E-state index in [4.69, 9.17) is 25.8 Å². The number of ether oxygens (including phenoxy) is 3. The maximum Gasteiger partial charge on any atom is 0.345 e. The summed E-state index contributed by atoms with van der Waals surface area (Å²) >= 11 is 5.77. The standard InChI is InChI=1S/C14H18ClNO4/c1-11(16-6-8-18-9-7-16)20-14(17)10-19-13-4-2-12(15)3-5-13/h2-5,11H,6-10H2,1H3. The topological polar surface area (TPSA) is 48.0 Å². The van der Waals surface area contributed by atoms with Crippen LogP contribution in [0.1, 0.15) is 6.92 Å². The summed E-state index contributed by atoms with van der Waals surface area (Å²) in [4.78, 5) is 13.8. The molecule has 0 aliphatic carbocycles. The van der Waals surface area contributed by atoms with Gasteiger partial charge in [0.05, 0.1) is 13.2 Å². The number of hydrogen-bond acceptors (Lipinski definition) is 5. The molecule has 0 saturated carbocycles. The average molecular weight is 300 g/mol. The second kappa shape index (κ2) is 7.47. The van der Waals surface area contributed by atoms with E-state index in [-0.39, 0.29) is 18.8 Å². The normalized spacial score (nSPS) is 17.5. The molecule has 0 aromatic heterocycles. The van der Waals surface area contributed by atoms with Gasteiger partial charge in [0.15, 0.2) is 12.8 Å². The van der Waals surface area contributed by atoms with Crippen molar-refractivity contribution in [1.82, 2.24) is 4.90 Å². The molecule has 5 nitrogen and oxygen atoms in total. The van der Waals surface area contributed by atoms with Crippen molar-refractivity contribution in [2.75, 3.05) is 32.9 Å². The molecule has 6 heteroatoms. The second-order valence-electron chi connectivity index (χ2n) is 4.48. The first kappa shape index (κ1) is 15.1. The lowest BCUT2D eigenvalue weighted by molar-refractivity contribution is -0.163. The van der Waals surface area contributed by atoms with Crippen LogP contribution in [-0.2, 0) is 14.3 Å². The highest BCUT2D eigenvalue weighted by molar-refractivity contribution is 6.30. The van der Waals surface area contributed by atoms with Crippen LogP contribution in [0.4, 0.5) is 0 Å². The van der Waals surface area contributed by atoms with E-state index in [1.165, 1.54) is 0 Å². The summed E-state index contributed by atoms with van der Waals surface area (Å²) in [5.74, 6) is 0.198. The van der Waals surface area contributed by atoms with Gasteiger partial charge in [-0.15, -0.1) is 0 Å². The Morgan fingerprint density at radius 2 is 2.00 bits per heavy atom. The SMILES string of the molecule is CC(OC(=O)COc1ccc(Cl)cc1)N1CCOCC1. The first-order valence-electron chi connectivity index (χ1n) is 6.55. The van der Waals surface area contributed by atoms with Crippen LogP contribution in [0.3, 0.4) is 0 Å². The summed E-state index contributed by atoms with van der Waals surface area (Å²) in [5, 5.41) is 0.626. The molecule has 0 radical (unpaired) electrons. The minimum Gasteiger partial charge on any atom is -0.482 e. The Balaban J connectivity index is 1.73. The highest BCUT2D eigenvalue weighted by atomic mass is 35.5. The number of halogens is 1.